The lowest BCUT2D eigenvalue weighted by atomic mass is 9.51. The van der Waals surface area contributed by atoms with Crippen LogP contribution in [-0.4, -0.2) is 35.1 Å². The van der Waals surface area contributed by atoms with Gasteiger partial charge in [0, 0.05) is 23.6 Å². The first kappa shape index (κ1) is 25.7. The van der Waals surface area contributed by atoms with Crippen LogP contribution in [0, 0.1) is 40.4 Å². The fourth-order valence-corrected chi connectivity index (χ4v) is 7.22. The molecule has 2 amide bonds. The van der Waals surface area contributed by atoms with Gasteiger partial charge in [0.05, 0.1) is 17.7 Å². The average Bonchev–Trinajstić information content (AvgIpc) is 2.86. The number of nitrogens with zero attached hydrogens (tertiary/aromatic N) is 1. The molecule has 0 heterocycles. The van der Waals surface area contributed by atoms with E-state index in [4.69, 9.17) is 5.26 Å². The molecule has 0 bridgehead atoms. The van der Waals surface area contributed by atoms with Gasteiger partial charge in [0.25, 0.3) is 5.91 Å². The largest absolute Gasteiger partial charge is 0.392 e. The molecular weight excluding hydrogens is 438 g/mol. The molecule has 6 heteroatoms. The van der Waals surface area contributed by atoms with E-state index in [0.29, 0.717) is 11.1 Å². The molecule has 4 rings (SSSR count). The van der Waals surface area contributed by atoms with Crippen LogP contribution < -0.4 is 10.6 Å². The van der Waals surface area contributed by atoms with Gasteiger partial charge in [-0.2, -0.15) is 5.26 Å². The second-order valence-electron chi connectivity index (χ2n) is 11.7. The van der Waals surface area contributed by atoms with Crippen LogP contribution in [0.5, 0.6) is 0 Å². The highest BCUT2D eigenvalue weighted by Gasteiger charge is 2.54. The Labute approximate surface area is 209 Å². The van der Waals surface area contributed by atoms with Crippen LogP contribution in [0.25, 0.3) is 0 Å². The van der Waals surface area contributed by atoms with Gasteiger partial charge in [0.1, 0.15) is 0 Å². The van der Waals surface area contributed by atoms with Crippen LogP contribution >= 0.6 is 0 Å². The summed E-state index contributed by atoms with van der Waals surface area (Å²) in [7, 11) is 0. The molecule has 3 fully saturated rings. The number of aliphatic hydroxyl groups is 1. The summed E-state index contributed by atoms with van der Waals surface area (Å²) in [6.45, 7) is 6.40. The van der Waals surface area contributed by atoms with Gasteiger partial charge in [-0.05, 0) is 86.0 Å². The summed E-state index contributed by atoms with van der Waals surface area (Å²) in [5, 5.41) is 27.1. The van der Waals surface area contributed by atoms with Gasteiger partial charge in [-0.1, -0.05) is 40.0 Å². The Kier molecular flexibility index (Phi) is 7.86. The fourth-order valence-electron chi connectivity index (χ4n) is 7.22. The van der Waals surface area contributed by atoms with Crippen LogP contribution in [0.1, 0.15) is 94.5 Å². The van der Waals surface area contributed by atoms with E-state index in [1.807, 2.05) is 6.92 Å². The molecule has 1 unspecified atom stereocenters. The molecule has 0 aromatic heterocycles. The molecule has 1 aromatic rings. The second kappa shape index (κ2) is 10.7. The van der Waals surface area contributed by atoms with Crippen molar-refractivity contribution in [2.24, 2.45) is 29.1 Å². The Bertz CT molecular complexity index is 949. The van der Waals surface area contributed by atoms with Crippen LogP contribution in [0.3, 0.4) is 0 Å². The van der Waals surface area contributed by atoms with Gasteiger partial charge in [0.15, 0.2) is 0 Å². The minimum Gasteiger partial charge on any atom is -0.392 e. The number of nitriles is 1. The van der Waals surface area contributed by atoms with Crippen LogP contribution in [0.15, 0.2) is 24.3 Å². The van der Waals surface area contributed by atoms with Crippen molar-refractivity contribution >= 4 is 11.8 Å². The Morgan fingerprint density at radius 3 is 2.37 bits per heavy atom. The standard InChI is InChI=1S/C29H41N3O3/c1-18(27(34)31-22-7-5-4-6-8-22)23-13-15-29(3)16-14-24(19(2)25(29)26(23)33)32-28(35)21-11-9-20(17-30)10-12-21/h9-12,18-19,22-26,33H,4-8,13-16H2,1-3H3,(H,31,34)(H,32,35)/t18-,19+,23?,24-,25+,26-,29-/m0/s1. The fraction of sp³-hybridized carbons (Fsp3) is 0.690. The van der Waals surface area contributed by atoms with E-state index in [1.165, 1.54) is 19.3 Å². The lowest BCUT2D eigenvalue weighted by Gasteiger charge is -2.56. The maximum absolute atomic E-state index is 13.1. The third-order valence-electron chi connectivity index (χ3n) is 9.49. The number of carbonyl (C=O) groups excluding carboxylic acids is 2. The maximum Gasteiger partial charge on any atom is 0.251 e. The molecule has 0 aliphatic heterocycles. The van der Waals surface area contributed by atoms with E-state index in [9.17, 15) is 14.7 Å². The van der Waals surface area contributed by atoms with Crippen molar-refractivity contribution in [2.75, 3.05) is 0 Å². The van der Waals surface area contributed by atoms with Crippen LogP contribution in [0.2, 0.25) is 0 Å². The summed E-state index contributed by atoms with van der Waals surface area (Å²) in [6, 6.07) is 9.01. The van der Waals surface area contributed by atoms with E-state index in [0.717, 1.165) is 38.5 Å². The van der Waals surface area contributed by atoms with Crippen molar-refractivity contribution < 1.29 is 14.7 Å². The van der Waals surface area contributed by atoms with Crippen molar-refractivity contribution in [3.05, 3.63) is 35.4 Å². The summed E-state index contributed by atoms with van der Waals surface area (Å²) < 4.78 is 0. The molecule has 0 radical (unpaired) electrons. The van der Waals surface area contributed by atoms with E-state index in [2.05, 4.69) is 30.6 Å². The van der Waals surface area contributed by atoms with Crippen molar-refractivity contribution in [1.82, 2.24) is 10.6 Å². The van der Waals surface area contributed by atoms with E-state index >= 15 is 0 Å². The zero-order valence-electron chi connectivity index (χ0n) is 21.4. The molecule has 7 atom stereocenters. The first-order valence-corrected chi connectivity index (χ1v) is 13.5. The van der Waals surface area contributed by atoms with Crippen molar-refractivity contribution in [2.45, 2.75) is 96.7 Å². The Morgan fingerprint density at radius 2 is 1.71 bits per heavy atom. The Hall–Kier alpha value is -2.39. The number of hydrogen-bond acceptors (Lipinski definition) is 4. The summed E-state index contributed by atoms with van der Waals surface area (Å²) in [4.78, 5) is 26.0. The van der Waals surface area contributed by atoms with E-state index < -0.39 is 6.10 Å². The second-order valence-corrected chi connectivity index (χ2v) is 11.7. The smallest absolute Gasteiger partial charge is 0.251 e. The molecule has 6 nitrogen and oxygen atoms in total. The highest BCUT2D eigenvalue weighted by atomic mass is 16.3. The van der Waals surface area contributed by atoms with Gasteiger partial charge in [-0.15, -0.1) is 0 Å². The Balaban J connectivity index is 1.42. The number of rotatable bonds is 5. The van der Waals surface area contributed by atoms with Gasteiger partial charge in [-0.3, -0.25) is 9.59 Å². The van der Waals surface area contributed by atoms with Gasteiger partial charge < -0.3 is 15.7 Å². The SMILES string of the molecule is C[C@H]1[C@@H]2[C@@H](O)C([C@H](C)C(=O)NC3CCCCC3)CC[C@@]2(C)CC[C@@H]1NC(=O)c1ccc(C#N)cc1. The number of nitrogens with one attached hydrogen (secondary N) is 2. The molecule has 3 saturated carbocycles. The predicted octanol–water partition coefficient (Wildman–Crippen LogP) is 4.56. The third kappa shape index (κ3) is 5.40. The zero-order chi connectivity index (χ0) is 25.2. The number of fused-ring (bicyclic) bond motifs is 1. The van der Waals surface area contributed by atoms with Crippen molar-refractivity contribution in [3.8, 4) is 6.07 Å². The van der Waals surface area contributed by atoms with E-state index in [-0.39, 0.29) is 53.0 Å². The normalized spacial score (nSPS) is 34.2. The van der Waals surface area contributed by atoms with Crippen LogP contribution in [0.4, 0.5) is 0 Å². The lowest BCUT2D eigenvalue weighted by molar-refractivity contribution is -0.142. The minimum atomic E-state index is -0.564. The first-order chi connectivity index (χ1) is 16.7. The zero-order valence-corrected chi connectivity index (χ0v) is 21.4. The highest BCUT2D eigenvalue weighted by Crippen LogP contribution is 2.55. The molecule has 3 aliphatic carbocycles. The number of amides is 2. The molecule has 190 valence electrons. The summed E-state index contributed by atoms with van der Waals surface area (Å²) in [5.41, 5.74) is 1.09. The van der Waals surface area contributed by atoms with Crippen molar-refractivity contribution in [1.29, 1.82) is 5.26 Å². The molecule has 0 spiro atoms. The monoisotopic (exact) mass is 479 g/mol. The number of benzene rings is 1. The molecule has 0 saturated heterocycles. The minimum absolute atomic E-state index is 0.0184. The van der Waals surface area contributed by atoms with Gasteiger partial charge in [-0.25, -0.2) is 0 Å². The average molecular weight is 480 g/mol. The van der Waals surface area contributed by atoms with Gasteiger partial charge in [0.2, 0.25) is 5.91 Å². The van der Waals surface area contributed by atoms with Gasteiger partial charge >= 0.3 is 0 Å². The molecule has 1 aromatic carbocycles. The van der Waals surface area contributed by atoms with E-state index in [1.54, 1.807) is 24.3 Å². The summed E-state index contributed by atoms with van der Waals surface area (Å²) >= 11 is 0. The molecule has 3 N–H and O–H groups in total. The van der Waals surface area contributed by atoms with Crippen LogP contribution in [-0.2, 0) is 4.79 Å². The molecular formula is C29H41N3O3. The number of hydrogen-bond donors (Lipinski definition) is 3. The lowest BCUT2D eigenvalue weighted by Crippen LogP contribution is -2.58. The summed E-state index contributed by atoms with van der Waals surface area (Å²) in [5.74, 6) is -0.214. The first-order valence-electron chi connectivity index (χ1n) is 13.5. The quantitative estimate of drug-likeness (QED) is 0.576. The summed E-state index contributed by atoms with van der Waals surface area (Å²) in [6.07, 6.45) is 8.86. The van der Waals surface area contributed by atoms with Crippen molar-refractivity contribution in [3.63, 3.8) is 0 Å². The topological polar surface area (TPSA) is 102 Å². The number of carbonyl (C=O) groups is 2. The third-order valence-corrected chi connectivity index (χ3v) is 9.49. The number of aliphatic hydroxyl groups excluding tert-OH is 1. The maximum atomic E-state index is 13.1. The molecule has 3 aliphatic rings. The Morgan fingerprint density at radius 1 is 1.06 bits per heavy atom. The predicted molar refractivity (Wildman–Crippen MR) is 135 cm³/mol. The highest BCUT2D eigenvalue weighted by molar-refractivity contribution is 5.94. The molecule has 35 heavy (non-hydrogen) atoms.